The molecule has 3 fully saturated rings. The number of allylic oxidation sites excluding steroid dienone is 2. The average Bonchev–Trinajstić information content (AvgIpc) is 4.05. The Hall–Kier alpha value is -5.35. The van der Waals surface area contributed by atoms with Crippen LogP contribution in [0.15, 0.2) is 60.0 Å². The van der Waals surface area contributed by atoms with Crippen LogP contribution in [0, 0.1) is 18.3 Å². The largest absolute Gasteiger partial charge is 0.496 e. The van der Waals surface area contributed by atoms with Crippen LogP contribution in [-0.4, -0.2) is 102 Å². The molecule has 3 amide bonds. The van der Waals surface area contributed by atoms with Crippen LogP contribution in [0.4, 0.5) is 5.69 Å². The fourth-order valence-corrected chi connectivity index (χ4v) is 11.4. The standard InChI is InChI=1S/C49H60N6O8S2/c1-29(2)38-28-64-44(52-38)37-24-42(35-18-19-41(62-7)30(3)43(35)51-37)63-34-23-39-40(56)26-49(47(59)53-65(60,61)48(4)20-21-48)25-32(49)15-11-9-8-10-12-17-36(46(58)55(39)27-34)50-33-16-13-14-31(22-33)45(57)54(5)6/h11,13-16,18-19,22,24,28-29,32,34,36,39,50H,8-10,12,17,20-21,23,25-27H2,1-7H3,(H,53,59)/b15-11-/t32-,34+,36-,39-,49+/m0/s1. The van der Waals surface area contributed by atoms with Crippen molar-refractivity contribution in [3.8, 4) is 22.2 Å². The third-order valence-electron chi connectivity index (χ3n) is 13.7. The first-order chi connectivity index (χ1) is 30.9. The number of Topliss-reactive ketones (excluding diaryl/α,β-unsaturated/α-hetero) is 1. The number of pyridine rings is 1. The smallest absolute Gasteiger partial charge is 0.253 e. The number of amides is 3. The van der Waals surface area contributed by atoms with Crippen LogP contribution in [0.3, 0.4) is 0 Å². The molecule has 4 heterocycles. The second-order valence-corrected chi connectivity index (χ2v) is 22.1. The highest BCUT2D eigenvalue weighted by molar-refractivity contribution is 7.91. The van der Waals surface area contributed by atoms with Crippen molar-refractivity contribution in [2.45, 2.75) is 121 Å². The van der Waals surface area contributed by atoms with E-state index in [0.717, 1.165) is 47.3 Å². The molecular formula is C49H60N6O8S2. The van der Waals surface area contributed by atoms with Crippen LogP contribution in [0.5, 0.6) is 11.5 Å². The molecule has 2 aliphatic heterocycles. The monoisotopic (exact) mass is 924 g/mol. The van der Waals surface area contributed by atoms with Crippen molar-refractivity contribution in [3.05, 3.63) is 76.8 Å². The Kier molecular flexibility index (Phi) is 12.9. The maximum atomic E-state index is 15.2. The molecule has 5 atom stereocenters. The molecule has 65 heavy (non-hydrogen) atoms. The van der Waals surface area contributed by atoms with Gasteiger partial charge in [-0.05, 0) is 94.5 Å². The van der Waals surface area contributed by atoms with Gasteiger partial charge in [0.1, 0.15) is 34.3 Å². The van der Waals surface area contributed by atoms with Crippen molar-refractivity contribution in [3.63, 3.8) is 0 Å². The molecule has 2 N–H and O–H groups in total. The first-order valence-corrected chi connectivity index (χ1v) is 25.1. The van der Waals surface area contributed by atoms with Gasteiger partial charge < -0.3 is 24.6 Å². The molecule has 2 saturated carbocycles. The molecule has 0 unspecified atom stereocenters. The molecule has 4 aliphatic rings. The number of benzene rings is 2. The lowest BCUT2D eigenvalue weighted by Gasteiger charge is -2.30. The van der Waals surface area contributed by atoms with Crippen molar-refractivity contribution in [2.75, 3.05) is 33.1 Å². The number of nitrogens with one attached hydrogen (secondary N) is 2. The number of nitrogens with zero attached hydrogens (tertiary/aromatic N) is 4. The lowest BCUT2D eigenvalue weighted by Crippen LogP contribution is -2.49. The molecule has 0 spiro atoms. The number of carbonyl (C=O) groups is 4. The maximum Gasteiger partial charge on any atom is 0.253 e. The van der Waals surface area contributed by atoms with E-state index in [1.54, 1.807) is 51.2 Å². The fourth-order valence-electron chi connectivity index (χ4n) is 9.15. The summed E-state index contributed by atoms with van der Waals surface area (Å²) in [4.78, 5) is 70.3. The van der Waals surface area contributed by atoms with Crippen LogP contribution < -0.4 is 19.5 Å². The molecule has 16 heteroatoms. The van der Waals surface area contributed by atoms with Gasteiger partial charge in [-0.25, -0.2) is 18.4 Å². The molecule has 8 rings (SSSR count). The highest BCUT2D eigenvalue weighted by atomic mass is 32.2. The van der Waals surface area contributed by atoms with Crippen LogP contribution in [-0.2, 0) is 24.4 Å². The Labute approximate surface area is 385 Å². The molecule has 1 saturated heterocycles. The predicted octanol–water partition coefficient (Wildman–Crippen LogP) is 7.81. The van der Waals surface area contributed by atoms with Crippen molar-refractivity contribution < 1.29 is 37.1 Å². The zero-order valence-electron chi connectivity index (χ0n) is 38.3. The molecule has 0 bridgehead atoms. The predicted molar refractivity (Wildman–Crippen MR) is 252 cm³/mol. The number of carbonyl (C=O) groups excluding carboxylic acids is 4. The van der Waals surface area contributed by atoms with E-state index >= 15 is 4.79 Å². The summed E-state index contributed by atoms with van der Waals surface area (Å²) in [7, 11) is 1.01. The topological polar surface area (TPSA) is 177 Å². The summed E-state index contributed by atoms with van der Waals surface area (Å²) >= 11 is 1.50. The molecule has 2 aliphatic carbocycles. The van der Waals surface area contributed by atoms with Gasteiger partial charge >= 0.3 is 0 Å². The molecule has 2 aromatic heterocycles. The van der Waals surface area contributed by atoms with E-state index in [9.17, 15) is 22.8 Å². The highest BCUT2D eigenvalue weighted by Gasteiger charge is 2.62. The summed E-state index contributed by atoms with van der Waals surface area (Å²) in [6, 6.07) is 11.0. The minimum absolute atomic E-state index is 0.0743. The molecule has 0 radical (unpaired) electrons. The molecule has 14 nitrogen and oxygen atoms in total. The van der Waals surface area contributed by atoms with E-state index in [-0.39, 0.29) is 48.8 Å². The van der Waals surface area contributed by atoms with E-state index in [0.29, 0.717) is 59.6 Å². The number of thiazole rings is 1. The Morgan fingerprint density at radius 3 is 2.52 bits per heavy atom. The van der Waals surface area contributed by atoms with E-state index in [4.69, 9.17) is 19.4 Å². The SMILES string of the molecule is COc1ccc2c(O[C@@H]3C[C@H]4C(=O)C[C@]5(C(=O)NS(=O)(=O)C6(C)CC6)C[C@@H]5/C=C\CCCCC[C@H](Nc5cccc(C(=O)N(C)C)c5)C(=O)N4C3)cc(-c3nc(C(C)C)cs3)nc2c1C. The third kappa shape index (κ3) is 9.38. The lowest BCUT2D eigenvalue weighted by atomic mass is 9.91. The number of ketones is 1. The van der Waals surface area contributed by atoms with E-state index < -0.39 is 44.3 Å². The minimum Gasteiger partial charge on any atom is -0.496 e. The first-order valence-electron chi connectivity index (χ1n) is 22.7. The van der Waals surface area contributed by atoms with Gasteiger partial charge in [-0.15, -0.1) is 11.3 Å². The number of aryl methyl sites for hydroxylation is 1. The summed E-state index contributed by atoms with van der Waals surface area (Å²) in [6.07, 6.45) is 8.09. The minimum atomic E-state index is -3.97. The van der Waals surface area contributed by atoms with Gasteiger partial charge in [-0.3, -0.25) is 23.9 Å². The number of hydrogen-bond acceptors (Lipinski definition) is 12. The summed E-state index contributed by atoms with van der Waals surface area (Å²) in [6.45, 7) is 7.81. The van der Waals surface area contributed by atoms with Crippen molar-refractivity contribution in [1.29, 1.82) is 0 Å². The maximum absolute atomic E-state index is 15.2. The summed E-state index contributed by atoms with van der Waals surface area (Å²) in [5.74, 6) is -0.398. The zero-order valence-corrected chi connectivity index (χ0v) is 39.9. The van der Waals surface area contributed by atoms with Crippen LogP contribution in [0.1, 0.15) is 113 Å². The van der Waals surface area contributed by atoms with E-state index in [1.165, 1.54) is 16.2 Å². The lowest BCUT2D eigenvalue weighted by molar-refractivity contribution is -0.139. The van der Waals surface area contributed by atoms with Gasteiger partial charge in [0.2, 0.25) is 21.8 Å². The number of hydrogen-bond donors (Lipinski definition) is 2. The molecular weight excluding hydrogens is 865 g/mol. The first kappa shape index (κ1) is 46.2. The van der Waals surface area contributed by atoms with Gasteiger partial charge in [0, 0.05) is 60.6 Å². The summed E-state index contributed by atoms with van der Waals surface area (Å²) in [5.41, 5.74) is 2.86. The van der Waals surface area contributed by atoms with Gasteiger partial charge in [-0.1, -0.05) is 44.9 Å². The summed E-state index contributed by atoms with van der Waals surface area (Å²) in [5, 5.41) is 6.92. The Morgan fingerprint density at radius 2 is 1.82 bits per heavy atom. The van der Waals surface area contributed by atoms with E-state index in [1.807, 2.05) is 48.7 Å². The van der Waals surface area contributed by atoms with Gasteiger partial charge in [0.05, 0.1) is 41.1 Å². The van der Waals surface area contributed by atoms with Gasteiger partial charge in [0.15, 0.2) is 5.78 Å². The number of aromatic nitrogens is 2. The van der Waals surface area contributed by atoms with Crippen molar-refractivity contribution in [1.82, 2.24) is 24.5 Å². The second-order valence-electron chi connectivity index (χ2n) is 19.0. The number of anilines is 1. The van der Waals surface area contributed by atoms with E-state index in [2.05, 4.69) is 23.9 Å². The normalized spacial score (nSPS) is 24.9. The van der Waals surface area contributed by atoms with Crippen molar-refractivity contribution >= 4 is 61.5 Å². The molecule has 2 aromatic carbocycles. The second kappa shape index (κ2) is 18.1. The summed E-state index contributed by atoms with van der Waals surface area (Å²) < 4.78 is 40.7. The third-order valence-corrected chi connectivity index (χ3v) is 16.7. The Morgan fingerprint density at radius 1 is 1.03 bits per heavy atom. The fraction of sp³-hybridized carbons (Fsp3) is 0.510. The Balaban J connectivity index is 1.16. The highest BCUT2D eigenvalue weighted by Crippen LogP contribution is 2.57. The number of rotatable bonds is 11. The van der Waals surface area contributed by atoms with Crippen LogP contribution in [0.25, 0.3) is 21.6 Å². The van der Waals surface area contributed by atoms with Crippen LogP contribution >= 0.6 is 11.3 Å². The number of sulfonamides is 1. The number of ether oxygens (including phenoxy) is 2. The molecule has 346 valence electrons. The van der Waals surface area contributed by atoms with Gasteiger partial charge in [0.25, 0.3) is 5.91 Å². The quantitative estimate of drug-likeness (QED) is 0.140. The zero-order chi connectivity index (χ0) is 46.4. The average molecular weight is 925 g/mol. The molecule has 4 aromatic rings. The Bertz CT molecular complexity index is 2660. The van der Waals surface area contributed by atoms with Crippen LogP contribution in [0.2, 0.25) is 0 Å². The van der Waals surface area contributed by atoms with Gasteiger partial charge in [-0.2, -0.15) is 0 Å². The number of fused-ring (bicyclic) bond motifs is 3. The number of methoxy groups -OCH3 is 1. The van der Waals surface area contributed by atoms with Crippen molar-refractivity contribution in [2.24, 2.45) is 11.3 Å².